The van der Waals surface area contributed by atoms with Crippen molar-refractivity contribution in [1.82, 2.24) is 14.8 Å². The largest absolute Gasteiger partial charge is 0.465 e. The summed E-state index contributed by atoms with van der Waals surface area (Å²) in [6.07, 6.45) is 0.771. The van der Waals surface area contributed by atoms with Gasteiger partial charge < -0.3 is 9.64 Å². The van der Waals surface area contributed by atoms with Gasteiger partial charge in [0.15, 0.2) is 0 Å². The molecule has 182 valence electrons. The summed E-state index contributed by atoms with van der Waals surface area (Å²) in [7, 11) is 0. The van der Waals surface area contributed by atoms with Gasteiger partial charge in [-0.25, -0.2) is 4.68 Å². The highest BCUT2D eigenvalue weighted by Crippen LogP contribution is 2.30. The molecule has 1 unspecified atom stereocenters. The first kappa shape index (κ1) is 26.7. The van der Waals surface area contributed by atoms with Crippen LogP contribution in [0.25, 0.3) is 5.69 Å². The molecule has 2 aromatic heterocycles. The molecule has 2 rings (SSSR count). The second-order valence-corrected chi connectivity index (χ2v) is 8.50. The molecule has 1 amide bonds. The van der Waals surface area contributed by atoms with Gasteiger partial charge >= 0.3 is 12.1 Å². The summed E-state index contributed by atoms with van der Waals surface area (Å²) in [6.45, 7) is 5.75. The highest BCUT2D eigenvalue weighted by molar-refractivity contribution is 8.00. The van der Waals surface area contributed by atoms with Gasteiger partial charge in [0, 0.05) is 24.9 Å². The number of rotatable bonds is 12. The molecule has 0 aliphatic rings. The van der Waals surface area contributed by atoms with E-state index in [0.29, 0.717) is 18.7 Å². The number of hydrogen-bond donors (Lipinski definition) is 0. The molecule has 0 saturated carbocycles. The van der Waals surface area contributed by atoms with Crippen molar-refractivity contribution in [3.05, 3.63) is 36.4 Å². The number of alkyl halides is 3. The van der Waals surface area contributed by atoms with Crippen LogP contribution in [-0.4, -0.2) is 57.0 Å². The van der Waals surface area contributed by atoms with Gasteiger partial charge in [0.25, 0.3) is 0 Å². The number of amides is 1. The SMILES string of the molecule is CCCc1nn(-c2cccnc2)cc1N(CC)C(=O)CCSC(CC(F)(F)F)C(=O)OCC. The van der Waals surface area contributed by atoms with Crippen LogP contribution in [0.15, 0.2) is 30.7 Å². The third-order valence-electron chi connectivity index (χ3n) is 4.68. The summed E-state index contributed by atoms with van der Waals surface area (Å²) >= 11 is 0.793. The van der Waals surface area contributed by atoms with E-state index >= 15 is 0 Å². The molecule has 0 bridgehead atoms. The van der Waals surface area contributed by atoms with Crippen LogP contribution in [0.5, 0.6) is 0 Å². The third kappa shape index (κ3) is 8.06. The average molecular weight is 487 g/mol. The number of anilines is 1. The van der Waals surface area contributed by atoms with Gasteiger partial charge in [0.05, 0.1) is 42.5 Å². The molecule has 0 aromatic carbocycles. The van der Waals surface area contributed by atoms with Crippen molar-refractivity contribution < 1.29 is 27.5 Å². The fourth-order valence-corrected chi connectivity index (χ4v) is 4.31. The summed E-state index contributed by atoms with van der Waals surface area (Å²) in [5.74, 6) is -1.10. The van der Waals surface area contributed by atoms with E-state index in [0.717, 1.165) is 29.6 Å². The molecule has 0 aliphatic heterocycles. The monoisotopic (exact) mass is 486 g/mol. The zero-order valence-corrected chi connectivity index (χ0v) is 19.8. The number of halogens is 3. The van der Waals surface area contributed by atoms with E-state index in [4.69, 9.17) is 4.74 Å². The lowest BCUT2D eigenvalue weighted by Gasteiger charge is -2.21. The lowest BCUT2D eigenvalue weighted by atomic mass is 10.2. The van der Waals surface area contributed by atoms with Gasteiger partial charge in [0.2, 0.25) is 5.91 Å². The maximum atomic E-state index is 13.0. The summed E-state index contributed by atoms with van der Waals surface area (Å²) < 4.78 is 45.0. The predicted octanol–water partition coefficient (Wildman–Crippen LogP) is 4.58. The molecule has 0 radical (unpaired) electrons. The maximum absolute atomic E-state index is 13.0. The molecular weight excluding hydrogens is 457 g/mol. The topological polar surface area (TPSA) is 77.3 Å². The average Bonchev–Trinajstić information content (AvgIpc) is 3.17. The van der Waals surface area contributed by atoms with E-state index in [2.05, 4.69) is 10.1 Å². The summed E-state index contributed by atoms with van der Waals surface area (Å²) in [5.41, 5.74) is 2.17. The molecule has 11 heteroatoms. The fourth-order valence-electron chi connectivity index (χ4n) is 3.22. The summed E-state index contributed by atoms with van der Waals surface area (Å²) in [6, 6.07) is 3.64. The second kappa shape index (κ2) is 12.6. The lowest BCUT2D eigenvalue weighted by Crippen LogP contribution is -2.32. The normalized spacial score (nSPS) is 12.4. The standard InChI is InChI=1S/C22H29F3N4O3S/c1-4-8-17-18(15-29(27-17)16-9-7-11-26-14-16)28(5-2)20(30)10-12-33-19(13-22(23,24)25)21(31)32-6-3/h7,9,11,14-15,19H,4-6,8,10,12-13H2,1-3H3. The highest BCUT2D eigenvalue weighted by atomic mass is 32.2. The molecule has 1 atom stereocenters. The quantitative estimate of drug-likeness (QED) is 0.409. The van der Waals surface area contributed by atoms with Gasteiger partial charge in [-0.2, -0.15) is 18.3 Å². The van der Waals surface area contributed by atoms with E-state index in [-0.39, 0.29) is 24.7 Å². The third-order valence-corrected chi connectivity index (χ3v) is 5.88. The number of aryl methyl sites for hydroxylation is 1. The van der Waals surface area contributed by atoms with Crippen LogP contribution >= 0.6 is 11.8 Å². The molecule has 2 heterocycles. The Bertz CT molecular complexity index is 906. The summed E-state index contributed by atoms with van der Waals surface area (Å²) in [4.78, 5) is 30.5. The van der Waals surface area contributed by atoms with Crippen LogP contribution in [0.2, 0.25) is 0 Å². The van der Waals surface area contributed by atoms with Crippen LogP contribution in [0, 0.1) is 0 Å². The second-order valence-electron chi connectivity index (χ2n) is 7.19. The van der Waals surface area contributed by atoms with Crippen LogP contribution in [-0.2, 0) is 20.7 Å². The zero-order valence-electron chi connectivity index (χ0n) is 19.0. The number of esters is 1. The molecule has 0 spiro atoms. The lowest BCUT2D eigenvalue weighted by molar-refractivity contribution is -0.155. The van der Waals surface area contributed by atoms with E-state index in [1.165, 1.54) is 6.92 Å². The number of thioether (sulfide) groups is 1. The number of carbonyl (C=O) groups is 2. The van der Waals surface area contributed by atoms with Gasteiger partial charge in [0.1, 0.15) is 5.25 Å². The Hall–Kier alpha value is -2.56. The molecule has 33 heavy (non-hydrogen) atoms. The van der Waals surface area contributed by atoms with Gasteiger partial charge in [-0.3, -0.25) is 14.6 Å². The first-order valence-electron chi connectivity index (χ1n) is 10.8. The van der Waals surface area contributed by atoms with Crippen molar-refractivity contribution >= 4 is 29.3 Å². The van der Waals surface area contributed by atoms with Crippen LogP contribution in [0.3, 0.4) is 0 Å². The predicted molar refractivity (Wildman–Crippen MR) is 122 cm³/mol. The first-order chi connectivity index (χ1) is 15.7. The Labute approximate surface area is 195 Å². The minimum atomic E-state index is -4.50. The van der Waals surface area contributed by atoms with Crippen molar-refractivity contribution in [2.75, 3.05) is 23.8 Å². The van der Waals surface area contributed by atoms with Gasteiger partial charge in [-0.05, 0) is 32.4 Å². The van der Waals surface area contributed by atoms with Crippen LogP contribution < -0.4 is 4.90 Å². The molecule has 0 N–H and O–H groups in total. The Morgan fingerprint density at radius 1 is 1.27 bits per heavy atom. The highest BCUT2D eigenvalue weighted by Gasteiger charge is 2.36. The molecule has 7 nitrogen and oxygen atoms in total. The summed E-state index contributed by atoms with van der Waals surface area (Å²) in [5, 5.41) is 3.21. The number of nitrogens with zero attached hydrogens (tertiary/aromatic N) is 4. The minimum absolute atomic E-state index is 0.00256. The van der Waals surface area contributed by atoms with Crippen molar-refractivity contribution in [3.8, 4) is 5.69 Å². The van der Waals surface area contributed by atoms with Crippen molar-refractivity contribution in [2.24, 2.45) is 0 Å². The van der Waals surface area contributed by atoms with Gasteiger partial charge in [-0.15, -0.1) is 11.8 Å². The Balaban J connectivity index is 2.12. The first-order valence-corrected chi connectivity index (χ1v) is 11.9. The fraction of sp³-hybridized carbons (Fsp3) is 0.545. The smallest absolute Gasteiger partial charge is 0.390 e. The Morgan fingerprint density at radius 3 is 2.61 bits per heavy atom. The van der Waals surface area contributed by atoms with Crippen LogP contribution in [0.4, 0.5) is 18.9 Å². The number of ether oxygens (including phenoxy) is 1. The van der Waals surface area contributed by atoms with E-state index in [1.807, 2.05) is 19.9 Å². The van der Waals surface area contributed by atoms with Crippen LogP contribution in [0.1, 0.15) is 45.7 Å². The van der Waals surface area contributed by atoms with Gasteiger partial charge in [-0.1, -0.05) is 13.3 Å². The van der Waals surface area contributed by atoms with E-state index in [9.17, 15) is 22.8 Å². The molecular formula is C22H29F3N4O3S. The molecule has 0 fully saturated rings. The maximum Gasteiger partial charge on any atom is 0.390 e. The van der Waals surface area contributed by atoms with Crippen molar-refractivity contribution in [3.63, 3.8) is 0 Å². The number of aromatic nitrogens is 3. The van der Waals surface area contributed by atoms with Crippen molar-refractivity contribution in [2.45, 2.75) is 57.9 Å². The van der Waals surface area contributed by atoms with Crippen molar-refractivity contribution in [1.29, 1.82) is 0 Å². The molecule has 0 saturated heterocycles. The number of hydrogen-bond acceptors (Lipinski definition) is 6. The Kier molecular flexibility index (Phi) is 10.2. The van der Waals surface area contributed by atoms with E-state index in [1.54, 1.807) is 34.2 Å². The Morgan fingerprint density at radius 2 is 2.03 bits per heavy atom. The molecule has 2 aromatic rings. The number of carbonyl (C=O) groups excluding carboxylic acids is 2. The minimum Gasteiger partial charge on any atom is -0.465 e. The van der Waals surface area contributed by atoms with E-state index < -0.39 is 23.8 Å². The number of pyridine rings is 1. The molecule has 0 aliphatic carbocycles. The zero-order chi connectivity index (χ0) is 24.4.